The van der Waals surface area contributed by atoms with E-state index in [1.54, 1.807) is 18.3 Å². The van der Waals surface area contributed by atoms with Gasteiger partial charge >= 0.3 is 6.01 Å². The first kappa shape index (κ1) is 14.8. The minimum Gasteiger partial charge on any atom is -0.464 e. The topological polar surface area (TPSA) is 52.3 Å². The largest absolute Gasteiger partial charge is 0.464 e. The average Bonchev–Trinajstić information content (AvgIpc) is 3.17. The highest BCUT2D eigenvalue weighted by Gasteiger charge is 2.18. The van der Waals surface area contributed by atoms with Crippen molar-refractivity contribution in [1.82, 2.24) is 19.4 Å². The summed E-state index contributed by atoms with van der Waals surface area (Å²) in [5, 5.41) is 1.96. The second-order valence-corrected chi connectivity index (χ2v) is 5.90. The molecule has 0 fully saturated rings. The van der Waals surface area contributed by atoms with Gasteiger partial charge in [0.2, 0.25) is 0 Å². The van der Waals surface area contributed by atoms with Crippen LogP contribution in [0.15, 0.2) is 48.1 Å². The fourth-order valence-electron chi connectivity index (χ4n) is 2.51. The van der Waals surface area contributed by atoms with Crippen LogP contribution in [0.25, 0.3) is 27.6 Å². The molecule has 4 aromatic rings. The Morgan fingerprint density at radius 1 is 1.17 bits per heavy atom. The summed E-state index contributed by atoms with van der Waals surface area (Å²) >= 11 is 1.53. The SMILES string of the molecule is CCOc1nccc(-c2c(-c3ccc(F)cc3)nc3sccn23)n1. The lowest BCUT2D eigenvalue weighted by Gasteiger charge is -2.06. The molecule has 1 aromatic carbocycles. The third-order valence-corrected chi connectivity index (χ3v) is 4.29. The van der Waals surface area contributed by atoms with Crippen LogP contribution in [-0.2, 0) is 0 Å². The molecule has 0 unspecified atom stereocenters. The Morgan fingerprint density at radius 2 is 2.00 bits per heavy atom. The maximum atomic E-state index is 13.2. The number of hydrogen-bond acceptors (Lipinski definition) is 5. The number of fused-ring (bicyclic) bond motifs is 1. The highest BCUT2D eigenvalue weighted by molar-refractivity contribution is 7.15. The van der Waals surface area contributed by atoms with Crippen molar-refractivity contribution in [3.05, 3.63) is 53.9 Å². The Morgan fingerprint density at radius 3 is 2.79 bits per heavy atom. The molecule has 0 amide bonds. The maximum Gasteiger partial charge on any atom is 0.316 e. The second kappa shape index (κ2) is 6.01. The summed E-state index contributed by atoms with van der Waals surface area (Å²) in [5.41, 5.74) is 3.13. The maximum absolute atomic E-state index is 13.2. The Bertz CT molecular complexity index is 993. The normalized spacial score (nSPS) is 11.1. The van der Waals surface area contributed by atoms with Crippen LogP contribution >= 0.6 is 11.3 Å². The lowest BCUT2D eigenvalue weighted by atomic mass is 10.1. The van der Waals surface area contributed by atoms with Crippen LogP contribution in [0.2, 0.25) is 0 Å². The molecule has 0 saturated heterocycles. The first-order valence-corrected chi connectivity index (χ1v) is 8.32. The van der Waals surface area contributed by atoms with Gasteiger partial charge in [0.15, 0.2) is 4.96 Å². The van der Waals surface area contributed by atoms with Crippen molar-refractivity contribution in [1.29, 1.82) is 0 Å². The third-order valence-electron chi connectivity index (χ3n) is 3.53. The Balaban J connectivity index is 1.93. The Hall–Kier alpha value is -2.80. The molecule has 5 nitrogen and oxygen atoms in total. The summed E-state index contributed by atoms with van der Waals surface area (Å²) in [6.07, 6.45) is 3.60. The summed E-state index contributed by atoms with van der Waals surface area (Å²) in [4.78, 5) is 14.1. The fourth-order valence-corrected chi connectivity index (χ4v) is 3.22. The smallest absolute Gasteiger partial charge is 0.316 e. The van der Waals surface area contributed by atoms with Gasteiger partial charge in [-0.25, -0.2) is 14.4 Å². The van der Waals surface area contributed by atoms with Crippen LogP contribution in [0.3, 0.4) is 0 Å². The minimum atomic E-state index is -0.276. The molecular formula is C17H13FN4OS. The van der Waals surface area contributed by atoms with Gasteiger partial charge in [-0.1, -0.05) is 0 Å². The number of nitrogens with zero attached hydrogens (tertiary/aromatic N) is 4. The van der Waals surface area contributed by atoms with Gasteiger partial charge in [0.1, 0.15) is 11.5 Å². The molecule has 0 aliphatic heterocycles. The van der Waals surface area contributed by atoms with Gasteiger partial charge in [-0.2, -0.15) is 4.98 Å². The number of halogens is 1. The number of rotatable bonds is 4. The van der Waals surface area contributed by atoms with Crippen molar-refractivity contribution in [2.24, 2.45) is 0 Å². The summed E-state index contributed by atoms with van der Waals surface area (Å²) in [6, 6.07) is 8.43. The fraction of sp³-hybridized carbons (Fsp3) is 0.118. The van der Waals surface area contributed by atoms with Crippen molar-refractivity contribution in [3.8, 4) is 28.7 Å². The minimum absolute atomic E-state index is 0.276. The first-order chi connectivity index (χ1) is 11.8. The summed E-state index contributed by atoms with van der Waals surface area (Å²) in [6.45, 7) is 2.38. The Kier molecular flexibility index (Phi) is 3.70. The zero-order valence-corrected chi connectivity index (χ0v) is 13.6. The van der Waals surface area contributed by atoms with E-state index in [1.165, 1.54) is 23.5 Å². The lowest BCUT2D eigenvalue weighted by Crippen LogP contribution is -1.99. The lowest BCUT2D eigenvalue weighted by molar-refractivity contribution is 0.313. The van der Waals surface area contributed by atoms with E-state index in [-0.39, 0.29) is 5.82 Å². The van der Waals surface area contributed by atoms with Gasteiger partial charge in [-0.15, -0.1) is 11.3 Å². The average molecular weight is 340 g/mol. The van der Waals surface area contributed by atoms with Crippen LogP contribution in [0.5, 0.6) is 6.01 Å². The van der Waals surface area contributed by atoms with E-state index >= 15 is 0 Å². The number of imidazole rings is 1. The van der Waals surface area contributed by atoms with E-state index < -0.39 is 0 Å². The van der Waals surface area contributed by atoms with Gasteiger partial charge in [0.05, 0.1) is 18.0 Å². The van der Waals surface area contributed by atoms with E-state index in [0.29, 0.717) is 18.3 Å². The second-order valence-electron chi connectivity index (χ2n) is 5.03. The molecule has 0 N–H and O–H groups in total. The van der Waals surface area contributed by atoms with Crippen molar-refractivity contribution in [3.63, 3.8) is 0 Å². The molecule has 0 radical (unpaired) electrons. The summed E-state index contributed by atoms with van der Waals surface area (Å²) in [7, 11) is 0. The molecule has 0 saturated carbocycles. The van der Waals surface area contributed by atoms with E-state index in [0.717, 1.165) is 21.9 Å². The highest BCUT2D eigenvalue weighted by Crippen LogP contribution is 2.33. The molecule has 7 heteroatoms. The van der Waals surface area contributed by atoms with Crippen molar-refractivity contribution in [2.75, 3.05) is 6.61 Å². The number of benzene rings is 1. The molecule has 3 heterocycles. The predicted octanol–water partition coefficient (Wildman–Crippen LogP) is 4.06. The van der Waals surface area contributed by atoms with E-state index in [9.17, 15) is 4.39 Å². The zero-order valence-electron chi connectivity index (χ0n) is 12.8. The van der Waals surface area contributed by atoms with Gasteiger partial charge in [0.25, 0.3) is 0 Å². The predicted molar refractivity (Wildman–Crippen MR) is 90.7 cm³/mol. The monoisotopic (exact) mass is 340 g/mol. The molecular weight excluding hydrogens is 327 g/mol. The van der Waals surface area contributed by atoms with Gasteiger partial charge in [0, 0.05) is 23.3 Å². The van der Waals surface area contributed by atoms with Crippen LogP contribution in [0.1, 0.15) is 6.92 Å². The molecule has 0 aliphatic carbocycles. The van der Waals surface area contributed by atoms with Gasteiger partial charge < -0.3 is 4.74 Å². The van der Waals surface area contributed by atoms with Gasteiger partial charge in [-0.3, -0.25) is 4.40 Å². The van der Waals surface area contributed by atoms with Gasteiger partial charge in [-0.05, 0) is 37.3 Å². The van der Waals surface area contributed by atoms with Crippen LogP contribution in [0.4, 0.5) is 4.39 Å². The molecule has 4 rings (SSSR count). The Labute approximate surface area is 141 Å². The molecule has 3 aromatic heterocycles. The highest BCUT2D eigenvalue weighted by atomic mass is 32.1. The van der Waals surface area contributed by atoms with Crippen LogP contribution < -0.4 is 4.74 Å². The molecule has 120 valence electrons. The number of ether oxygens (including phenoxy) is 1. The van der Waals surface area contributed by atoms with E-state index in [4.69, 9.17) is 4.74 Å². The summed E-state index contributed by atoms with van der Waals surface area (Å²) in [5.74, 6) is -0.276. The van der Waals surface area contributed by atoms with Crippen LogP contribution in [-0.4, -0.2) is 26.0 Å². The molecule has 0 aliphatic rings. The summed E-state index contributed by atoms with van der Waals surface area (Å²) < 4.78 is 20.6. The number of hydrogen-bond donors (Lipinski definition) is 0. The molecule has 0 atom stereocenters. The van der Waals surface area contributed by atoms with Crippen LogP contribution in [0, 0.1) is 5.82 Å². The first-order valence-electron chi connectivity index (χ1n) is 7.44. The van der Waals surface area contributed by atoms with E-state index in [1.807, 2.05) is 29.0 Å². The zero-order chi connectivity index (χ0) is 16.5. The van der Waals surface area contributed by atoms with Crippen molar-refractivity contribution < 1.29 is 9.13 Å². The van der Waals surface area contributed by atoms with Crippen molar-refractivity contribution >= 4 is 16.3 Å². The van der Waals surface area contributed by atoms with Crippen molar-refractivity contribution in [2.45, 2.75) is 6.92 Å². The third kappa shape index (κ3) is 2.52. The van der Waals surface area contributed by atoms with E-state index in [2.05, 4.69) is 15.0 Å². The molecule has 0 bridgehead atoms. The quantitative estimate of drug-likeness (QED) is 0.562. The number of aromatic nitrogens is 4. The standard InChI is InChI=1S/C17H13FN4OS/c1-2-23-16-19-8-7-13(20-16)15-14(11-3-5-12(18)6-4-11)21-17-22(15)9-10-24-17/h3-10H,2H2,1H3. The molecule has 0 spiro atoms. The molecule has 24 heavy (non-hydrogen) atoms. The number of thiazole rings is 1.